The normalized spacial score (nSPS) is 17.2. The van der Waals surface area contributed by atoms with Crippen molar-refractivity contribution in [2.45, 2.75) is 19.9 Å². The number of likely N-dealkylation sites (tertiary alicyclic amines) is 1. The van der Waals surface area contributed by atoms with Gasteiger partial charge in [-0.2, -0.15) is 0 Å². The van der Waals surface area contributed by atoms with Gasteiger partial charge in [-0.15, -0.1) is 0 Å². The van der Waals surface area contributed by atoms with Crippen LogP contribution < -0.4 is 5.32 Å². The van der Waals surface area contributed by atoms with Gasteiger partial charge in [-0.05, 0) is 25.1 Å². The summed E-state index contributed by atoms with van der Waals surface area (Å²) in [7, 11) is 0. The molecule has 0 bridgehead atoms. The van der Waals surface area contributed by atoms with Crippen LogP contribution in [0.1, 0.15) is 17.5 Å². The van der Waals surface area contributed by atoms with E-state index in [0.29, 0.717) is 17.8 Å². The van der Waals surface area contributed by atoms with Crippen molar-refractivity contribution in [3.8, 4) is 0 Å². The average Bonchev–Trinajstić information content (AvgIpc) is 2.93. The molecule has 1 N–H and O–H groups in total. The van der Waals surface area contributed by atoms with Gasteiger partial charge in [0.15, 0.2) is 0 Å². The summed E-state index contributed by atoms with van der Waals surface area (Å²) in [5.41, 5.74) is 2.29. The lowest BCUT2D eigenvalue weighted by Crippen LogP contribution is -2.28. The number of carbonyl (C=O) groups excluding carboxylic acids is 2. The largest absolute Gasteiger partial charge is 0.337 e. The molecule has 2 amide bonds. The van der Waals surface area contributed by atoms with Gasteiger partial charge in [-0.3, -0.25) is 9.59 Å². The zero-order chi connectivity index (χ0) is 17.1. The summed E-state index contributed by atoms with van der Waals surface area (Å²) < 4.78 is 13.7. The van der Waals surface area contributed by atoms with E-state index in [4.69, 9.17) is 0 Å². The average molecular weight is 326 g/mol. The SMILES string of the molecule is Cc1ccc(NC(=O)[C@@H]2CC(=O)N(Cc3ccccc3F)C2)cc1. The third-order valence-corrected chi connectivity index (χ3v) is 4.22. The standard InChI is InChI=1S/C19H19FN2O2/c1-13-6-8-16(9-7-13)21-19(24)15-10-18(23)22(12-15)11-14-4-2-3-5-17(14)20/h2-9,15H,10-12H2,1H3,(H,21,24)/t15-/m1/s1. The summed E-state index contributed by atoms with van der Waals surface area (Å²) in [6, 6.07) is 13.9. The van der Waals surface area contributed by atoms with Crippen LogP contribution in [0.3, 0.4) is 0 Å². The Hall–Kier alpha value is -2.69. The predicted octanol–water partition coefficient (Wildman–Crippen LogP) is 3.12. The molecule has 3 rings (SSSR count). The van der Waals surface area contributed by atoms with Gasteiger partial charge in [-0.1, -0.05) is 35.9 Å². The lowest BCUT2D eigenvalue weighted by atomic mass is 10.1. The first-order valence-electron chi connectivity index (χ1n) is 7.91. The number of hydrogen-bond acceptors (Lipinski definition) is 2. The molecule has 1 saturated heterocycles. The van der Waals surface area contributed by atoms with E-state index in [0.717, 1.165) is 5.56 Å². The van der Waals surface area contributed by atoms with Crippen LogP contribution in [0.2, 0.25) is 0 Å². The first-order chi connectivity index (χ1) is 11.5. The summed E-state index contributed by atoms with van der Waals surface area (Å²) in [5, 5.41) is 2.84. The summed E-state index contributed by atoms with van der Waals surface area (Å²) in [6.45, 7) is 2.48. The Kier molecular flexibility index (Phi) is 4.60. The van der Waals surface area contributed by atoms with Crippen LogP contribution in [0.5, 0.6) is 0 Å². The van der Waals surface area contributed by atoms with Gasteiger partial charge in [0.25, 0.3) is 0 Å². The Labute approximate surface area is 140 Å². The van der Waals surface area contributed by atoms with Crippen molar-refractivity contribution in [2.75, 3.05) is 11.9 Å². The number of benzene rings is 2. The van der Waals surface area contributed by atoms with E-state index >= 15 is 0 Å². The molecule has 0 aromatic heterocycles. The third-order valence-electron chi connectivity index (χ3n) is 4.22. The molecule has 24 heavy (non-hydrogen) atoms. The van der Waals surface area contributed by atoms with Crippen LogP contribution in [0, 0.1) is 18.7 Å². The van der Waals surface area contributed by atoms with Crippen LogP contribution in [0.15, 0.2) is 48.5 Å². The summed E-state index contributed by atoms with van der Waals surface area (Å²) in [6.07, 6.45) is 0.159. The number of hydrogen-bond donors (Lipinski definition) is 1. The molecule has 0 unspecified atom stereocenters. The van der Waals surface area contributed by atoms with Crippen molar-refractivity contribution in [3.05, 3.63) is 65.5 Å². The molecule has 1 heterocycles. The number of anilines is 1. The Balaban J connectivity index is 1.62. The Morgan fingerprint density at radius 3 is 2.62 bits per heavy atom. The lowest BCUT2D eigenvalue weighted by molar-refractivity contribution is -0.128. The fraction of sp³-hybridized carbons (Fsp3) is 0.263. The van der Waals surface area contributed by atoms with Crippen molar-refractivity contribution in [3.63, 3.8) is 0 Å². The maximum Gasteiger partial charge on any atom is 0.229 e. The number of halogens is 1. The molecule has 1 aliphatic heterocycles. The summed E-state index contributed by atoms with van der Waals surface area (Å²) in [5.74, 6) is -1.05. The van der Waals surface area contributed by atoms with Crippen LogP contribution in [-0.4, -0.2) is 23.3 Å². The molecule has 124 valence electrons. The molecule has 2 aromatic carbocycles. The predicted molar refractivity (Wildman–Crippen MR) is 89.7 cm³/mol. The first kappa shape index (κ1) is 16.2. The van der Waals surface area contributed by atoms with Crippen molar-refractivity contribution < 1.29 is 14.0 Å². The number of amides is 2. The highest BCUT2D eigenvalue weighted by Gasteiger charge is 2.34. The van der Waals surface area contributed by atoms with Gasteiger partial charge in [-0.25, -0.2) is 4.39 Å². The highest BCUT2D eigenvalue weighted by atomic mass is 19.1. The molecular weight excluding hydrogens is 307 g/mol. The third kappa shape index (κ3) is 3.62. The monoisotopic (exact) mass is 326 g/mol. The zero-order valence-corrected chi connectivity index (χ0v) is 13.5. The molecule has 0 aliphatic carbocycles. The minimum absolute atomic E-state index is 0.123. The maximum absolute atomic E-state index is 13.7. The zero-order valence-electron chi connectivity index (χ0n) is 13.5. The summed E-state index contributed by atoms with van der Waals surface area (Å²) >= 11 is 0. The van der Waals surface area contributed by atoms with Gasteiger partial charge in [0.1, 0.15) is 5.82 Å². The topological polar surface area (TPSA) is 49.4 Å². The van der Waals surface area contributed by atoms with E-state index in [1.54, 1.807) is 18.2 Å². The van der Waals surface area contributed by atoms with Crippen molar-refractivity contribution >= 4 is 17.5 Å². The molecular formula is C19H19FN2O2. The number of nitrogens with zero attached hydrogens (tertiary/aromatic N) is 1. The van der Waals surface area contributed by atoms with Crippen LogP contribution in [0.25, 0.3) is 0 Å². The molecule has 2 aromatic rings. The van der Waals surface area contributed by atoms with E-state index in [9.17, 15) is 14.0 Å². The quantitative estimate of drug-likeness (QED) is 0.938. The Morgan fingerprint density at radius 1 is 1.21 bits per heavy atom. The molecule has 1 aliphatic rings. The van der Waals surface area contributed by atoms with Crippen LogP contribution in [-0.2, 0) is 16.1 Å². The summed E-state index contributed by atoms with van der Waals surface area (Å²) in [4.78, 5) is 26.0. The minimum atomic E-state index is -0.412. The molecule has 4 nitrogen and oxygen atoms in total. The molecule has 0 radical (unpaired) electrons. The highest BCUT2D eigenvalue weighted by Crippen LogP contribution is 2.22. The number of carbonyl (C=O) groups is 2. The van der Waals surface area contributed by atoms with Gasteiger partial charge >= 0.3 is 0 Å². The number of aryl methyl sites for hydroxylation is 1. The highest BCUT2D eigenvalue weighted by molar-refractivity contribution is 5.97. The van der Waals surface area contributed by atoms with Crippen LogP contribution >= 0.6 is 0 Å². The lowest BCUT2D eigenvalue weighted by Gasteiger charge is -2.17. The molecule has 1 fully saturated rings. The fourth-order valence-corrected chi connectivity index (χ4v) is 2.81. The smallest absolute Gasteiger partial charge is 0.229 e. The second-order valence-electron chi connectivity index (χ2n) is 6.12. The Bertz CT molecular complexity index is 758. The molecule has 0 spiro atoms. The van der Waals surface area contributed by atoms with Crippen LogP contribution in [0.4, 0.5) is 10.1 Å². The van der Waals surface area contributed by atoms with E-state index < -0.39 is 5.92 Å². The number of rotatable bonds is 4. The van der Waals surface area contributed by atoms with E-state index in [1.807, 2.05) is 31.2 Å². The van der Waals surface area contributed by atoms with E-state index in [1.165, 1.54) is 11.0 Å². The first-order valence-corrected chi connectivity index (χ1v) is 7.91. The maximum atomic E-state index is 13.7. The van der Waals surface area contributed by atoms with Crippen molar-refractivity contribution in [1.29, 1.82) is 0 Å². The Morgan fingerprint density at radius 2 is 1.92 bits per heavy atom. The van der Waals surface area contributed by atoms with Gasteiger partial charge in [0.2, 0.25) is 11.8 Å². The van der Waals surface area contributed by atoms with Gasteiger partial charge < -0.3 is 10.2 Å². The van der Waals surface area contributed by atoms with E-state index in [2.05, 4.69) is 5.32 Å². The van der Waals surface area contributed by atoms with Gasteiger partial charge in [0, 0.05) is 30.8 Å². The van der Waals surface area contributed by atoms with Gasteiger partial charge in [0.05, 0.1) is 5.92 Å². The fourth-order valence-electron chi connectivity index (χ4n) is 2.81. The molecule has 0 saturated carbocycles. The van der Waals surface area contributed by atoms with Crippen molar-refractivity contribution in [1.82, 2.24) is 4.90 Å². The second-order valence-corrected chi connectivity index (χ2v) is 6.12. The minimum Gasteiger partial charge on any atom is -0.337 e. The molecule has 5 heteroatoms. The molecule has 1 atom stereocenters. The number of nitrogens with one attached hydrogen (secondary N) is 1. The van der Waals surface area contributed by atoms with Crippen molar-refractivity contribution in [2.24, 2.45) is 5.92 Å². The van der Waals surface area contributed by atoms with E-state index in [-0.39, 0.29) is 30.6 Å². The second kappa shape index (κ2) is 6.83.